The van der Waals surface area contributed by atoms with Crippen LogP contribution in [-0.4, -0.2) is 55.9 Å². The minimum Gasteiger partial charge on any atom is -0.379 e. The number of sulfone groups is 1. The van der Waals surface area contributed by atoms with E-state index in [0.29, 0.717) is 18.0 Å². The van der Waals surface area contributed by atoms with Crippen molar-refractivity contribution in [2.75, 3.05) is 36.4 Å². The molecule has 2 unspecified atom stereocenters. The van der Waals surface area contributed by atoms with Gasteiger partial charge in [0.25, 0.3) is 0 Å². The Labute approximate surface area is 212 Å². The van der Waals surface area contributed by atoms with Crippen LogP contribution in [0.2, 0.25) is 0 Å². The Kier molecular flexibility index (Phi) is 6.11. The predicted molar refractivity (Wildman–Crippen MR) is 145 cm³/mol. The summed E-state index contributed by atoms with van der Waals surface area (Å²) in [6.45, 7) is 2.76. The molecule has 1 saturated heterocycles. The molecule has 3 aromatic carbocycles. The SMILES string of the molecule is O=S(=O)(c1ccccc1)C(C1CCc2ccccc2N1)N1CCN(c2nccc3ccccc23)CC1. The highest BCUT2D eigenvalue weighted by atomic mass is 32.2. The maximum atomic E-state index is 14.1. The molecule has 0 amide bonds. The third kappa shape index (κ3) is 4.22. The predicted octanol–water partition coefficient (Wildman–Crippen LogP) is 4.58. The molecule has 7 heteroatoms. The minimum absolute atomic E-state index is 0.188. The Bertz CT molecular complexity index is 1460. The zero-order valence-corrected chi connectivity index (χ0v) is 20.9. The molecule has 0 saturated carbocycles. The number of pyridine rings is 1. The molecule has 2 aliphatic heterocycles. The highest BCUT2D eigenvalue weighted by Crippen LogP contribution is 2.33. The van der Waals surface area contributed by atoms with Gasteiger partial charge in [0.1, 0.15) is 11.2 Å². The fourth-order valence-electron chi connectivity index (χ4n) is 5.64. The number of anilines is 2. The van der Waals surface area contributed by atoms with Gasteiger partial charge in [0, 0.05) is 43.4 Å². The fourth-order valence-corrected chi connectivity index (χ4v) is 7.69. The molecule has 6 rings (SSSR count). The van der Waals surface area contributed by atoms with Crippen LogP contribution in [0.15, 0.2) is 96.0 Å². The Morgan fingerprint density at radius 1 is 0.833 bits per heavy atom. The molecule has 1 aromatic heterocycles. The van der Waals surface area contributed by atoms with Gasteiger partial charge in [0.15, 0.2) is 9.84 Å². The van der Waals surface area contributed by atoms with Crippen molar-refractivity contribution in [1.82, 2.24) is 9.88 Å². The lowest BCUT2D eigenvalue weighted by atomic mass is 9.97. The third-order valence-corrected chi connectivity index (χ3v) is 9.63. The number of nitrogens with zero attached hydrogens (tertiary/aromatic N) is 3. The third-order valence-electron chi connectivity index (χ3n) is 7.44. The largest absolute Gasteiger partial charge is 0.379 e. The maximum Gasteiger partial charge on any atom is 0.196 e. The molecule has 0 bridgehead atoms. The Hall–Kier alpha value is -3.42. The van der Waals surface area contributed by atoms with Gasteiger partial charge in [0.05, 0.1) is 10.9 Å². The summed E-state index contributed by atoms with van der Waals surface area (Å²) in [6.07, 6.45) is 3.50. The molecule has 6 nitrogen and oxygen atoms in total. The van der Waals surface area contributed by atoms with Gasteiger partial charge in [0.2, 0.25) is 0 Å². The molecule has 0 aliphatic carbocycles. The lowest BCUT2D eigenvalue weighted by molar-refractivity contribution is 0.212. The smallest absolute Gasteiger partial charge is 0.196 e. The summed E-state index contributed by atoms with van der Waals surface area (Å²) in [5.41, 5.74) is 2.29. The van der Waals surface area contributed by atoms with Crippen LogP contribution in [0.5, 0.6) is 0 Å². The lowest BCUT2D eigenvalue weighted by Gasteiger charge is -2.43. The maximum absolute atomic E-state index is 14.1. The van der Waals surface area contributed by atoms with Crippen molar-refractivity contribution in [3.8, 4) is 0 Å². The average Bonchev–Trinajstić information content (AvgIpc) is 2.93. The van der Waals surface area contributed by atoms with Gasteiger partial charge >= 0.3 is 0 Å². The Morgan fingerprint density at radius 2 is 1.56 bits per heavy atom. The molecular weight excluding hydrogens is 468 g/mol. The van der Waals surface area contributed by atoms with E-state index in [1.807, 2.05) is 42.6 Å². The number of rotatable bonds is 5. The molecular formula is C29H30N4O2S. The summed E-state index contributed by atoms with van der Waals surface area (Å²) >= 11 is 0. The van der Waals surface area contributed by atoms with Crippen LogP contribution < -0.4 is 10.2 Å². The van der Waals surface area contributed by atoms with E-state index in [1.165, 1.54) is 10.9 Å². The summed E-state index contributed by atoms with van der Waals surface area (Å²) in [6, 6.07) is 27.3. The van der Waals surface area contributed by atoms with Crippen LogP contribution >= 0.6 is 0 Å². The van der Waals surface area contributed by atoms with Gasteiger partial charge < -0.3 is 10.2 Å². The van der Waals surface area contributed by atoms with Gasteiger partial charge in [-0.05, 0) is 48.1 Å². The molecule has 0 spiro atoms. The molecule has 3 heterocycles. The van der Waals surface area contributed by atoms with E-state index in [2.05, 4.69) is 44.4 Å². The molecule has 1 N–H and O–H groups in total. The standard InChI is InChI=1S/C29H30N4O2S/c34-36(35,24-10-2-1-3-11-24)29(27-15-14-23-9-5-7-13-26(23)31-27)33-20-18-32(19-21-33)28-25-12-6-4-8-22(25)16-17-30-28/h1-13,16-17,27,29,31H,14-15,18-21H2. The normalized spacial score (nSPS) is 19.4. The first-order chi connectivity index (χ1) is 17.6. The minimum atomic E-state index is -3.59. The number of aromatic nitrogens is 1. The summed E-state index contributed by atoms with van der Waals surface area (Å²) in [4.78, 5) is 9.52. The first kappa shape index (κ1) is 23.0. The first-order valence-electron chi connectivity index (χ1n) is 12.6. The van der Waals surface area contributed by atoms with E-state index in [-0.39, 0.29) is 6.04 Å². The first-order valence-corrected chi connectivity index (χ1v) is 14.1. The number of nitrogens with one attached hydrogen (secondary N) is 1. The Morgan fingerprint density at radius 3 is 2.39 bits per heavy atom. The van der Waals surface area contributed by atoms with Crippen molar-refractivity contribution in [2.45, 2.75) is 29.2 Å². The second-order valence-corrected chi connectivity index (χ2v) is 11.6. The molecule has 1 fully saturated rings. The Balaban J connectivity index is 1.30. The van der Waals surface area contributed by atoms with Crippen molar-refractivity contribution in [3.63, 3.8) is 0 Å². The van der Waals surface area contributed by atoms with Gasteiger partial charge in [-0.15, -0.1) is 0 Å². The van der Waals surface area contributed by atoms with Gasteiger partial charge in [-0.25, -0.2) is 13.4 Å². The van der Waals surface area contributed by atoms with Crippen molar-refractivity contribution in [3.05, 3.63) is 96.7 Å². The number of piperazine rings is 1. The van der Waals surface area contributed by atoms with Crippen LogP contribution in [0.3, 0.4) is 0 Å². The monoisotopic (exact) mass is 498 g/mol. The zero-order valence-electron chi connectivity index (χ0n) is 20.1. The summed E-state index contributed by atoms with van der Waals surface area (Å²) < 4.78 is 28.1. The number of hydrogen-bond donors (Lipinski definition) is 1. The molecule has 0 radical (unpaired) electrons. The van der Waals surface area contributed by atoms with Crippen LogP contribution in [0, 0.1) is 0 Å². The average molecular weight is 499 g/mol. The van der Waals surface area contributed by atoms with Gasteiger partial charge in [-0.3, -0.25) is 4.90 Å². The van der Waals surface area contributed by atoms with Crippen LogP contribution in [0.1, 0.15) is 12.0 Å². The number of fused-ring (bicyclic) bond motifs is 2. The molecule has 4 aromatic rings. The van der Waals surface area contributed by atoms with Crippen LogP contribution in [0.25, 0.3) is 10.8 Å². The highest BCUT2D eigenvalue weighted by molar-refractivity contribution is 7.92. The summed E-state index contributed by atoms with van der Waals surface area (Å²) in [5.74, 6) is 0.972. The fraction of sp³-hybridized carbons (Fsp3) is 0.276. The van der Waals surface area contributed by atoms with E-state index in [4.69, 9.17) is 0 Å². The topological polar surface area (TPSA) is 65.5 Å². The van der Waals surface area contributed by atoms with Crippen molar-refractivity contribution in [1.29, 1.82) is 0 Å². The van der Waals surface area contributed by atoms with E-state index >= 15 is 0 Å². The number of benzene rings is 3. The summed E-state index contributed by atoms with van der Waals surface area (Å²) in [5, 5.41) is 5.25. The second-order valence-electron chi connectivity index (χ2n) is 9.57. The van der Waals surface area contributed by atoms with E-state index < -0.39 is 15.2 Å². The van der Waals surface area contributed by atoms with Crippen molar-refractivity contribution < 1.29 is 8.42 Å². The quantitative estimate of drug-likeness (QED) is 0.434. The van der Waals surface area contributed by atoms with Gasteiger partial charge in [-0.2, -0.15) is 0 Å². The zero-order chi connectivity index (χ0) is 24.5. The van der Waals surface area contributed by atoms with Gasteiger partial charge in [-0.1, -0.05) is 60.7 Å². The highest BCUT2D eigenvalue weighted by Gasteiger charge is 2.41. The molecule has 2 atom stereocenters. The van der Waals surface area contributed by atoms with E-state index in [1.54, 1.807) is 24.3 Å². The molecule has 2 aliphatic rings. The van der Waals surface area contributed by atoms with E-state index in [0.717, 1.165) is 42.8 Å². The van der Waals surface area contributed by atoms with Crippen molar-refractivity contribution >= 4 is 32.1 Å². The number of hydrogen-bond acceptors (Lipinski definition) is 6. The van der Waals surface area contributed by atoms with Crippen LogP contribution in [-0.2, 0) is 16.3 Å². The lowest BCUT2D eigenvalue weighted by Crippen LogP contribution is -2.58. The van der Waals surface area contributed by atoms with E-state index in [9.17, 15) is 8.42 Å². The summed E-state index contributed by atoms with van der Waals surface area (Å²) in [7, 11) is -3.59. The number of aryl methyl sites for hydroxylation is 1. The van der Waals surface area contributed by atoms with Crippen LogP contribution in [0.4, 0.5) is 11.5 Å². The number of para-hydroxylation sites is 1. The second kappa shape index (κ2) is 9.56. The molecule has 36 heavy (non-hydrogen) atoms. The van der Waals surface area contributed by atoms with Crippen molar-refractivity contribution in [2.24, 2.45) is 0 Å². The molecule has 184 valence electrons.